The number of aryl methyl sites for hydroxylation is 1. The van der Waals surface area contributed by atoms with Crippen LogP contribution < -0.4 is 11.2 Å². The van der Waals surface area contributed by atoms with Crippen molar-refractivity contribution in [1.82, 2.24) is 9.47 Å². The molecular weight excluding hydrogens is 358 g/mol. The van der Waals surface area contributed by atoms with Gasteiger partial charge in [0, 0.05) is 50.2 Å². The number of aliphatic hydroxyl groups is 1. The molecule has 0 bridgehead atoms. The van der Waals surface area contributed by atoms with Gasteiger partial charge in [0.1, 0.15) is 5.56 Å². The summed E-state index contributed by atoms with van der Waals surface area (Å²) in [6.45, 7) is 5.34. The number of aromatic nitrogens is 1. The van der Waals surface area contributed by atoms with Gasteiger partial charge in [0.15, 0.2) is 0 Å². The Kier molecular flexibility index (Phi) is 6.15. The minimum absolute atomic E-state index is 0.0404. The molecule has 28 heavy (non-hydrogen) atoms. The highest BCUT2D eigenvalue weighted by Crippen LogP contribution is 2.20. The topological polar surface area (TPSA) is 97.8 Å². The van der Waals surface area contributed by atoms with E-state index in [1.165, 1.54) is 6.20 Å². The maximum atomic E-state index is 12.9. The van der Waals surface area contributed by atoms with Crippen LogP contribution in [0, 0.1) is 11.8 Å². The van der Waals surface area contributed by atoms with Gasteiger partial charge in [-0.2, -0.15) is 0 Å². The van der Waals surface area contributed by atoms with E-state index in [1.54, 1.807) is 18.5 Å². The maximum absolute atomic E-state index is 12.9. The van der Waals surface area contributed by atoms with Crippen LogP contribution in [0.4, 0.5) is 0 Å². The second kappa shape index (κ2) is 8.57. The number of pyridine rings is 1. The number of fused-ring (bicyclic) bond motifs is 1. The summed E-state index contributed by atoms with van der Waals surface area (Å²) >= 11 is 0. The zero-order valence-corrected chi connectivity index (χ0v) is 16.2. The highest BCUT2D eigenvalue weighted by atomic mass is 16.5. The third-order valence-electron chi connectivity index (χ3n) is 4.73. The number of benzene rings is 1. The minimum atomic E-state index is -0.747. The molecular formula is C21H25N3O4. The molecule has 1 fully saturated rings. The standard InChI is InChI=1S/C21H25N3O4/c1-14(25)4-3-5-16-10-15(12-24-6-8-28-9-7-24)11-17-19(16)23(2)13-18(20(17)26)21(22)27/h10-11,13-14,25H,4,6-9,12H2,1-2H3,(H2,22,27). The van der Waals surface area contributed by atoms with Crippen molar-refractivity contribution >= 4 is 16.8 Å². The predicted molar refractivity (Wildman–Crippen MR) is 107 cm³/mol. The maximum Gasteiger partial charge on any atom is 0.254 e. The quantitative estimate of drug-likeness (QED) is 0.753. The van der Waals surface area contributed by atoms with E-state index in [4.69, 9.17) is 10.5 Å². The number of hydrogen-bond donors (Lipinski definition) is 2. The molecule has 1 aromatic heterocycles. The lowest BCUT2D eigenvalue weighted by molar-refractivity contribution is 0.0342. The van der Waals surface area contributed by atoms with E-state index in [9.17, 15) is 14.7 Å². The van der Waals surface area contributed by atoms with Crippen molar-refractivity contribution in [2.45, 2.75) is 26.0 Å². The van der Waals surface area contributed by atoms with Gasteiger partial charge in [0.05, 0.1) is 24.8 Å². The van der Waals surface area contributed by atoms with E-state index in [2.05, 4.69) is 16.7 Å². The molecule has 7 nitrogen and oxygen atoms in total. The van der Waals surface area contributed by atoms with Gasteiger partial charge in [0.2, 0.25) is 5.43 Å². The number of rotatable bonds is 4. The zero-order chi connectivity index (χ0) is 20.3. The Morgan fingerprint density at radius 3 is 2.71 bits per heavy atom. The molecule has 1 unspecified atom stereocenters. The van der Waals surface area contributed by atoms with Crippen molar-refractivity contribution in [3.8, 4) is 11.8 Å². The molecule has 1 aliphatic heterocycles. The van der Waals surface area contributed by atoms with E-state index < -0.39 is 12.0 Å². The molecule has 3 rings (SSSR count). The number of ether oxygens (including phenoxy) is 1. The first-order chi connectivity index (χ1) is 13.4. The first-order valence-corrected chi connectivity index (χ1v) is 9.30. The molecule has 148 valence electrons. The summed E-state index contributed by atoms with van der Waals surface area (Å²) in [4.78, 5) is 26.8. The molecule has 1 aliphatic rings. The fourth-order valence-electron chi connectivity index (χ4n) is 3.38. The average Bonchev–Trinajstić information content (AvgIpc) is 2.64. The number of morpholine rings is 1. The number of carbonyl (C=O) groups is 1. The molecule has 1 saturated heterocycles. The lowest BCUT2D eigenvalue weighted by Crippen LogP contribution is -2.35. The van der Waals surface area contributed by atoms with Crippen LogP contribution in [-0.4, -0.2) is 52.9 Å². The van der Waals surface area contributed by atoms with Crippen molar-refractivity contribution in [1.29, 1.82) is 0 Å². The first kappa shape index (κ1) is 20.1. The number of amides is 1. The van der Waals surface area contributed by atoms with Crippen LogP contribution in [0.5, 0.6) is 0 Å². The van der Waals surface area contributed by atoms with Crippen molar-refractivity contribution in [3.05, 3.63) is 45.2 Å². The van der Waals surface area contributed by atoms with Crippen LogP contribution in [-0.2, 0) is 18.3 Å². The Bertz CT molecular complexity index is 1010. The fourth-order valence-corrected chi connectivity index (χ4v) is 3.38. The van der Waals surface area contributed by atoms with Gasteiger partial charge in [0.25, 0.3) is 5.91 Å². The van der Waals surface area contributed by atoms with Crippen molar-refractivity contribution in [2.75, 3.05) is 26.3 Å². The largest absolute Gasteiger partial charge is 0.392 e. The van der Waals surface area contributed by atoms with Gasteiger partial charge < -0.3 is 20.1 Å². The number of aliphatic hydroxyl groups excluding tert-OH is 1. The minimum Gasteiger partial charge on any atom is -0.392 e. The zero-order valence-electron chi connectivity index (χ0n) is 16.2. The van der Waals surface area contributed by atoms with Crippen LogP contribution >= 0.6 is 0 Å². The fraction of sp³-hybridized carbons (Fsp3) is 0.429. The van der Waals surface area contributed by atoms with E-state index in [-0.39, 0.29) is 11.0 Å². The molecule has 0 saturated carbocycles. The van der Waals surface area contributed by atoms with Gasteiger partial charge in [-0.1, -0.05) is 11.8 Å². The predicted octanol–water partition coefficient (Wildman–Crippen LogP) is 0.592. The molecule has 3 N–H and O–H groups in total. The lowest BCUT2D eigenvalue weighted by atomic mass is 10.0. The second-order valence-electron chi connectivity index (χ2n) is 7.13. The van der Waals surface area contributed by atoms with Crippen LogP contribution in [0.3, 0.4) is 0 Å². The molecule has 2 aromatic rings. The van der Waals surface area contributed by atoms with Crippen LogP contribution in [0.2, 0.25) is 0 Å². The summed E-state index contributed by atoms with van der Waals surface area (Å²) in [6, 6.07) is 3.79. The monoisotopic (exact) mass is 383 g/mol. The molecule has 0 radical (unpaired) electrons. The van der Waals surface area contributed by atoms with E-state index in [1.807, 2.05) is 12.1 Å². The Hall–Kier alpha value is -2.66. The number of nitrogens with zero attached hydrogens (tertiary/aromatic N) is 2. The molecule has 1 amide bonds. The van der Waals surface area contributed by atoms with E-state index in [0.717, 1.165) is 18.7 Å². The number of carbonyl (C=O) groups excluding carboxylic acids is 1. The van der Waals surface area contributed by atoms with Gasteiger partial charge in [-0.3, -0.25) is 14.5 Å². The Balaban J connectivity index is 2.15. The summed E-state index contributed by atoms with van der Waals surface area (Å²) in [6.07, 6.45) is 1.26. The van der Waals surface area contributed by atoms with E-state index >= 15 is 0 Å². The summed E-state index contributed by atoms with van der Waals surface area (Å²) < 4.78 is 7.10. The highest BCUT2D eigenvalue weighted by molar-refractivity contribution is 5.97. The lowest BCUT2D eigenvalue weighted by Gasteiger charge is -2.26. The number of primary amides is 1. The molecule has 1 atom stereocenters. The molecule has 0 aliphatic carbocycles. The molecule has 0 spiro atoms. The summed E-state index contributed by atoms with van der Waals surface area (Å²) in [5.41, 5.74) is 7.24. The van der Waals surface area contributed by atoms with Crippen molar-refractivity contribution < 1.29 is 14.6 Å². The molecule has 1 aromatic carbocycles. The highest BCUT2D eigenvalue weighted by Gasteiger charge is 2.17. The Labute approximate surface area is 163 Å². The van der Waals surface area contributed by atoms with E-state index in [0.29, 0.717) is 42.6 Å². The van der Waals surface area contributed by atoms with Gasteiger partial charge >= 0.3 is 0 Å². The van der Waals surface area contributed by atoms with Crippen molar-refractivity contribution in [3.63, 3.8) is 0 Å². The van der Waals surface area contributed by atoms with Gasteiger partial charge in [-0.05, 0) is 24.6 Å². The van der Waals surface area contributed by atoms with Gasteiger partial charge in [-0.15, -0.1) is 0 Å². The third-order valence-corrected chi connectivity index (χ3v) is 4.73. The smallest absolute Gasteiger partial charge is 0.254 e. The number of nitrogens with two attached hydrogens (primary N) is 1. The Morgan fingerprint density at radius 2 is 2.07 bits per heavy atom. The second-order valence-corrected chi connectivity index (χ2v) is 7.13. The van der Waals surface area contributed by atoms with Gasteiger partial charge in [-0.25, -0.2) is 0 Å². The molecule has 7 heteroatoms. The SMILES string of the molecule is CC(O)CC#Cc1cc(CN2CCOCC2)cc2c(=O)c(C(N)=O)cn(C)c12. The number of hydrogen-bond acceptors (Lipinski definition) is 5. The first-order valence-electron chi connectivity index (χ1n) is 9.30. The third kappa shape index (κ3) is 4.42. The summed E-state index contributed by atoms with van der Waals surface area (Å²) in [5.74, 6) is 5.30. The Morgan fingerprint density at radius 1 is 1.36 bits per heavy atom. The molecule has 2 heterocycles. The van der Waals surface area contributed by atoms with Crippen LogP contribution in [0.15, 0.2) is 23.1 Å². The average molecular weight is 383 g/mol. The van der Waals surface area contributed by atoms with Crippen LogP contribution in [0.1, 0.15) is 34.8 Å². The summed E-state index contributed by atoms with van der Waals surface area (Å²) in [5, 5.41) is 9.91. The summed E-state index contributed by atoms with van der Waals surface area (Å²) in [7, 11) is 1.76. The normalized spacial score (nSPS) is 15.8. The van der Waals surface area contributed by atoms with Crippen molar-refractivity contribution in [2.24, 2.45) is 12.8 Å². The van der Waals surface area contributed by atoms with Crippen LogP contribution in [0.25, 0.3) is 10.9 Å².